The molecule has 2 aromatic rings. The van der Waals surface area contributed by atoms with Crippen LogP contribution in [-0.4, -0.2) is 46.8 Å². The first-order chi connectivity index (χ1) is 12.9. The number of aromatic nitrogens is 2. The van der Waals surface area contributed by atoms with Gasteiger partial charge < -0.3 is 19.9 Å². The Bertz CT molecular complexity index is 1040. The molecule has 2 aliphatic rings. The van der Waals surface area contributed by atoms with E-state index < -0.39 is 17.2 Å². The quantitative estimate of drug-likeness (QED) is 0.795. The highest BCUT2D eigenvalue weighted by atomic mass is 19.1. The van der Waals surface area contributed by atoms with Gasteiger partial charge in [0.05, 0.1) is 5.39 Å². The minimum Gasteiger partial charge on any atom is -0.477 e. The average molecular weight is 372 g/mol. The molecule has 2 aromatic heterocycles. The number of nitrogens with one attached hydrogen (secondary N) is 1. The number of hydrogen-bond donors (Lipinski definition) is 2. The first-order valence-corrected chi connectivity index (χ1v) is 9.04. The summed E-state index contributed by atoms with van der Waals surface area (Å²) in [4.78, 5) is 30.1. The van der Waals surface area contributed by atoms with E-state index in [0.29, 0.717) is 31.3 Å². The van der Waals surface area contributed by atoms with Gasteiger partial charge in [0, 0.05) is 31.9 Å². The molecule has 3 heterocycles. The predicted molar refractivity (Wildman–Crippen MR) is 99.9 cm³/mol. The van der Waals surface area contributed by atoms with Gasteiger partial charge in [0.2, 0.25) is 5.43 Å². The molecule has 0 bridgehead atoms. The molecule has 0 saturated carbocycles. The summed E-state index contributed by atoms with van der Waals surface area (Å²) in [5.41, 5.74) is 1.84. The van der Waals surface area contributed by atoms with E-state index >= 15 is 0 Å². The number of halogens is 1. The third kappa shape index (κ3) is 2.71. The molecule has 142 valence electrons. The first-order valence-electron chi connectivity index (χ1n) is 9.04. The maximum atomic E-state index is 14.8. The zero-order valence-electron chi connectivity index (χ0n) is 15.3. The highest BCUT2D eigenvalue weighted by Crippen LogP contribution is 2.35. The van der Waals surface area contributed by atoms with Crippen LogP contribution in [0, 0.1) is 5.82 Å². The van der Waals surface area contributed by atoms with Gasteiger partial charge in [0.1, 0.15) is 11.2 Å². The zero-order valence-corrected chi connectivity index (χ0v) is 15.3. The fourth-order valence-corrected chi connectivity index (χ4v) is 4.15. The minimum absolute atomic E-state index is 0.00852. The zero-order chi connectivity index (χ0) is 19.3. The summed E-state index contributed by atoms with van der Waals surface area (Å²) in [7, 11) is 1.93. The number of hydrogen-bond acceptors (Lipinski definition) is 5. The van der Waals surface area contributed by atoms with Crippen molar-refractivity contribution >= 4 is 22.8 Å². The van der Waals surface area contributed by atoms with Crippen LogP contribution in [-0.2, 0) is 6.54 Å². The number of anilines is 1. The van der Waals surface area contributed by atoms with Crippen molar-refractivity contribution in [2.75, 3.05) is 25.0 Å². The van der Waals surface area contributed by atoms with E-state index in [-0.39, 0.29) is 16.8 Å². The molecule has 1 unspecified atom stereocenters. The molecule has 27 heavy (non-hydrogen) atoms. The van der Waals surface area contributed by atoms with Gasteiger partial charge in [-0.25, -0.2) is 14.2 Å². The monoisotopic (exact) mass is 372 g/mol. The van der Waals surface area contributed by atoms with Gasteiger partial charge in [-0.2, -0.15) is 0 Å². The Morgan fingerprint density at radius 1 is 1.44 bits per heavy atom. The number of carboxylic acid groups (broad SMARTS) is 1. The lowest BCUT2D eigenvalue weighted by Crippen LogP contribution is -2.31. The van der Waals surface area contributed by atoms with Crippen molar-refractivity contribution in [2.45, 2.75) is 32.4 Å². The van der Waals surface area contributed by atoms with Gasteiger partial charge in [0.15, 0.2) is 11.6 Å². The molecule has 2 N–H and O–H groups in total. The summed E-state index contributed by atoms with van der Waals surface area (Å²) in [5.74, 6) is -1.73. The van der Waals surface area contributed by atoms with Gasteiger partial charge in [-0.05, 0) is 44.0 Å². The highest BCUT2D eigenvalue weighted by Gasteiger charge is 2.33. The Kier molecular flexibility index (Phi) is 4.22. The molecule has 1 aliphatic heterocycles. The van der Waals surface area contributed by atoms with Crippen LogP contribution in [0.3, 0.4) is 0 Å². The van der Waals surface area contributed by atoms with Crippen LogP contribution in [0.15, 0.2) is 28.2 Å². The normalized spacial score (nSPS) is 19.2. The molecular formula is C19H21FN4O3. The van der Waals surface area contributed by atoms with Crippen LogP contribution in [0.25, 0.3) is 11.0 Å². The Morgan fingerprint density at radius 2 is 2.22 bits per heavy atom. The lowest BCUT2D eigenvalue weighted by atomic mass is 10.1. The van der Waals surface area contributed by atoms with E-state index in [9.17, 15) is 19.1 Å². The molecule has 0 saturated heterocycles. The van der Waals surface area contributed by atoms with Gasteiger partial charge in [-0.1, -0.05) is 0 Å². The number of aryl methyl sites for hydroxylation is 1. The summed E-state index contributed by atoms with van der Waals surface area (Å²) >= 11 is 0. The van der Waals surface area contributed by atoms with Crippen LogP contribution < -0.4 is 15.6 Å². The Morgan fingerprint density at radius 3 is 2.89 bits per heavy atom. The van der Waals surface area contributed by atoms with Gasteiger partial charge >= 0.3 is 5.97 Å². The molecule has 1 atom stereocenters. The van der Waals surface area contributed by atoms with Crippen molar-refractivity contribution < 1.29 is 14.3 Å². The van der Waals surface area contributed by atoms with Crippen molar-refractivity contribution in [3.63, 3.8) is 0 Å². The maximum Gasteiger partial charge on any atom is 0.341 e. The number of carbonyl (C=O) groups is 1. The average Bonchev–Trinajstić information content (AvgIpc) is 3.22. The third-order valence-corrected chi connectivity index (χ3v) is 5.56. The Balaban J connectivity index is 1.80. The van der Waals surface area contributed by atoms with Crippen LogP contribution in [0.4, 0.5) is 10.2 Å². The van der Waals surface area contributed by atoms with Crippen molar-refractivity contribution in [3.05, 3.63) is 45.0 Å². The lowest BCUT2D eigenvalue weighted by Gasteiger charge is -2.23. The second-order valence-corrected chi connectivity index (χ2v) is 6.99. The van der Waals surface area contributed by atoms with E-state index in [0.717, 1.165) is 18.9 Å². The van der Waals surface area contributed by atoms with E-state index in [2.05, 4.69) is 10.3 Å². The molecule has 0 aromatic carbocycles. The van der Waals surface area contributed by atoms with Crippen molar-refractivity contribution in [2.24, 2.45) is 0 Å². The number of nitrogens with zero attached hydrogens (tertiary/aromatic N) is 3. The summed E-state index contributed by atoms with van der Waals surface area (Å²) in [6.07, 6.45) is 3.34. The molecule has 0 spiro atoms. The fourth-order valence-electron chi connectivity index (χ4n) is 4.15. The predicted octanol–water partition coefficient (Wildman–Crippen LogP) is 1.75. The van der Waals surface area contributed by atoms with Gasteiger partial charge in [-0.3, -0.25) is 4.79 Å². The number of carboxylic acids is 1. The smallest absolute Gasteiger partial charge is 0.341 e. The first kappa shape index (κ1) is 17.7. The lowest BCUT2D eigenvalue weighted by molar-refractivity contribution is 0.0695. The maximum absolute atomic E-state index is 14.8. The number of aromatic carboxylic acids is 1. The minimum atomic E-state index is -1.33. The van der Waals surface area contributed by atoms with E-state index in [1.54, 1.807) is 4.57 Å². The molecular weight excluding hydrogens is 351 g/mol. The Hall–Kier alpha value is -2.74. The largest absolute Gasteiger partial charge is 0.477 e. The Labute approximate surface area is 155 Å². The summed E-state index contributed by atoms with van der Waals surface area (Å²) in [6, 6.07) is 1.44. The summed E-state index contributed by atoms with van der Waals surface area (Å²) in [5, 5.41) is 12.5. The van der Waals surface area contributed by atoms with Crippen LogP contribution in [0.2, 0.25) is 0 Å². The molecule has 1 aliphatic carbocycles. The SMILES string of the molecule is CCn1cc(C(=O)O)c(=O)c2cc(F)c(N3CC4=C(C3)C(NC)CC4)nc21. The summed E-state index contributed by atoms with van der Waals surface area (Å²) in [6.45, 7) is 3.49. The number of pyridine rings is 2. The van der Waals surface area contributed by atoms with E-state index in [1.807, 2.05) is 18.9 Å². The molecule has 0 amide bonds. The topological polar surface area (TPSA) is 87.5 Å². The van der Waals surface area contributed by atoms with Crippen LogP contribution in [0.5, 0.6) is 0 Å². The summed E-state index contributed by atoms with van der Waals surface area (Å²) < 4.78 is 16.4. The fraction of sp³-hybridized carbons (Fsp3) is 0.421. The second kappa shape index (κ2) is 6.45. The van der Waals surface area contributed by atoms with Crippen LogP contribution in [0.1, 0.15) is 30.1 Å². The van der Waals surface area contributed by atoms with E-state index in [1.165, 1.54) is 17.3 Å². The molecule has 8 heteroatoms. The number of fused-ring (bicyclic) bond motifs is 1. The van der Waals surface area contributed by atoms with Crippen molar-refractivity contribution in [3.8, 4) is 0 Å². The highest BCUT2D eigenvalue weighted by molar-refractivity contribution is 5.92. The number of likely N-dealkylation sites (N-methyl/N-ethyl adjacent to an activating group) is 1. The third-order valence-electron chi connectivity index (χ3n) is 5.56. The number of rotatable bonds is 4. The van der Waals surface area contributed by atoms with Crippen LogP contribution >= 0.6 is 0 Å². The van der Waals surface area contributed by atoms with Gasteiger partial charge in [0.25, 0.3) is 0 Å². The standard InChI is InChI=1S/C19H21FN4O3/c1-3-23-9-13(19(26)27)16(25)11-6-14(20)18(22-17(11)23)24-7-10-4-5-15(21-2)12(10)8-24/h6,9,15,21H,3-5,7-8H2,1-2H3,(H,26,27). The second-order valence-electron chi connectivity index (χ2n) is 6.99. The van der Waals surface area contributed by atoms with Gasteiger partial charge in [-0.15, -0.1) is 0 Å². The molecule has 4 rings (SSSR count). The molecule has 0 radical (unpaired) electrons. The molecule has 7 nitrogen and oxygen atoms in total. The van der Waals surface area contributed by atoms with E-state index in [4.69, 9.17) is 0 Å². The molecule has 0 fully saturated rings. The van der Waals surface area contributed by atoms with Crippen molar-refractivity contribution in [1.29, 1.82) is 0 Å². The van der Waals surface area contributed by atoms with Crippen molar-refractivity contribution in [1.82, 2.24) is 14.9 Å².